The molecular weight excluding hydrogens is 306 g/mol. The first-order valence-electron chi connectivity index (χ1n) is 7.81. The molecular formula is C19H21NO4. The average Bonchev–Trinajstić information content (AvgIpc) is 2.61. The lowest BCUT2D eigenvalue weighted by Crippen LogP contribution is -2.35. The van der Waals surface area contributed by atoms with Crippen molar-refractivity contribution in [3.63, 3.8) is 0 Å². The van der Waals surface area contributed by atoms with Gasteiger partial charge in [0.2, 0.25) is 0 Å². The summed E-state index contributed by atoms with van der Waals surface area (Å²) in [5.41, 5.74) is 7.64. The Kier molecular flexibility index (Phi) is 6.98. The Balaban J connectivity index is 1.66. The molecule has 0 aliphatic heterocycles. The Morgan fingerprint density at radius 3 is 2.08 bits per heavy atom. The molecule has 2 aromatic rings. The fourth-order valence-corrected chi connectivity index (χ4v) is 2.08. The maximum Gasteiger partial charge on any atom is 0.323 e. The van der Waals surface area contributed by atoms with E-state index in [0.717, 1.165) is 11.1 Å². The molecule has 0 heterocycles. The van der Waals surface area contributed by atoms with E-state index in [4.69, 9.17) is 15.2 Å². The Morgan fingerprint density at radius 2 is 1.46 bits per heavy atom. The minimum absolute atomic E-state index is 0.162. The van der Waals surface area contributed by atoms with Crippen molar-refractivity contribution >= 4 is 11.9 Å². The van der Waals surface area contributed by atoms with Crippen LogP contribution in [0.2, 0.25) is 0 Å². The van der Waals surface area contributed by atoms with Crippen LogP contribution in [0.3, 0.4) is 0 Å². The molecule has 0 saturated heterocycles. The number of hydrogen-bond donors (Lipinski definition) is 1. The molecule has 2 N–H and O–H groups in total. The van der Waals surface area contributed by atoms with Crippen molar-refractivity contribution in [2.75, 3.05) is 6.61 Å². The monoisotopic (exact) mass is 327 g/mol. The van der Waals surface area contributed by atoms with Gasteiger partial charge in [-0.15, -0.1) is 0 Å². The molecule has 1 atom stereocenters. The molecule has 0 saturated carbocycles. The smallest absolute Gasteiger partial charge is 0.323 e. The quantitative estimate of drug-likeness (QED) is 0.752. The topological polar surface area (TPSA) is 78.6 Å². The van der Waals surface area contributed by atoms with Crippen LogP contribution >= 0.6 is 0 Å². The molecule has 0 amide bonds. The first-order chi connectivity index (χ1) is 11.6. The van der Waals surface area contributed by atoms with Crippen LogP contribution in [-0.4, -0.2) is 24.6 Å². The molecule has 0 bridgehead atoms. The van der Waals surface area contributed by atoms with Gasteiger partial charge in [0.15, 0.2) is 0 Å². The number of rotatable bonds is 8. The van der Waals surface area contributed by atoms with Crippen LogP contribution in [0, 0.1) is 0 Å². The zero-order valence-corrected chi connectivity index (χ0v) is 13.4. The van der Waals surface area contributed by atoms with Crippen LogP contribution in [0.15, 0.2) is 60.7 Å². The van der Waals surface area contributed by atoms with E-state index in [-0.39, 0.29) is 19.6 Å². The number of hydrogen-bond acceptors (Lipinski definition) is 5. The van der Waals surface area contributed by atoms with Crippen molar-refractivity contribution in [3.05, 3.63) is 71.8 Å². The first kappa shape index (κ1) is 17.7. The lowest BCUT2D eigenvalue weighted by atomic mass is 10.2. The zero-order chi connectivity index (χ0) is 17.2. The predicted octanol–water partition coefficient (Wildman–Crippen LogP) is 2.23. The number of carbonyl (C=O) groups is 2. The van der Waals surface area contributed by atoms with E-state index >= 15 is 0 Å². The molecule has 0 radical (unpaired) electrons. The highest BCUT2D eigenvalue weighted by Gasteiger charge is 2.20. The third-order valence-electron chi connectivity index (χ3n) is 3.41. The van der Waals surface area contributed by atoms with Crippen molar-refractivity contribution in [1.82, 2.24) is 0 Å². The summed E-state index contributed by atoms with van der Waals surface area (Å²) >= 11 is 0. The van der Waals surface area contributed by atoms with E-state index in [2.05, 4.69) is 0 Å². The van der Waals surface area contributed by atoms with Crippen molar-refractivity contribution in [1.29, 1.82) is 0 Å². The van der Waals surface area contributed by atoms with Gasteiger partial charge in [-0.25, -0.2) is 0 Å². The SMILES string of the molecule is N[C@H](CC(=O)OCc1ccccc1)C(=O)OCCc1ccccc1. The van der Waals surface area contributed by atoms with E-state index in [1.807, 2.05) is 60.7 Å². The molecule has 0 aliphatic carbocycles. The van der Waals surface area contributed by atoms with Gasteiger partial charge in [0, 0.05) is 6.42 Å². The molecule has 2 aromatic carbocycles. The van der Waals surface area contributed by atoms with Gasteiger partial charge in [-0.1, -0.05) is 60.7 Å². The Labute approximate surface area is 141 Å². The van der Waals surface area contributed by atoms with Crippen molar-refractivity contribution < 1.29 is 19.1 Å². The third kappa shape index (κ3) is 6.22. The highest BCUT2D eigenvalue weighted by molar-refractivity contribution is 5.82. The standard InChI is InChI=1S/C19H21NO4/c20-17(13-18(21)24-14-16-9-5-2-6-10-16)19(22)23-12-11-15-7-3-1-4-8-15/h1-10,17H,11-14,20H2/t17-/m1/s1. The lowest BCUT2D eigenvalue weighted by molar-refractivity contribution is -0.152. The Bertz CT molecular complexity index is 643. The molecule has 2 rings (SSSR count). The number of ether oxygens (including phenoxy) is 2. The summed E-state index contributed by atoms with van der Waals surface area (Å²) in [5, 5.41) is 0. The van der Waals surface area contributed by atoms with E-state index in [0.29, 0.717) is 6.42 Å². The minimum Gasteiger partial charge on any atom is -0.464 e. The summed E-state index contributed by atoms with van der Waals surface area (Å²) in [7, 11) is 0. The molecule has 24 heavy (non-hydrogen) atoms. The van der Waals surface area contributed by atoms with Gasteiger partial charge in [-0.3, -0.25) is 9.59 Å². The number of esters is 2. The van der Waals surface area contributed by atoms with Crippen LogP contribution in [0.1, 0.15) is 17.5 Å². The van der Waals surface area contributed by atoms with Crippen LogP contribution in [0.4, 0.5) is 0 Å². The fraction of sp³-hybridized carbons (Fsp3) is 0.263. The lowest BCUT2D eigenvalue weighted by Gasteiger charge is -2.11. The summed E-state index contributed by atoms with van der Waals surface area (Å²) in [6.07, 6.45) is 0.411. The second-order valence-electron chi connectivity index (χ2n) is 5.36. The van der Waals surface area contributed by atoms with Gasteiger partial charge in [0.1, 0.15) is 12.6 Å². The molecule has 0 spiro atoms. The van der Waals surface area contributed by atoms with E-state index in [9.17, 15) is 9.59 Å². The summed E-state index contributed by atoms with van der Waals surface area (Å²) in [6, 6.07) is 18.0. The Hall–Kier alpha value is -2.66. The molecule has 0 aromatic heterocycles. The third-order valence-corrected chi connectivity index (χ3v) is 3.41. The maximum atomic E-state index is 11.8. The van der Waals surface area contributed by atoms with Crippen molar-refractivity contribution in [3.8, 4) is 0 Å². The van der Waals surface area contributed by atoms with E-state index < -0.39 is 18.0 Å². The molecule has 126 valence electrons. The second-order valence-corrected chi connectivity index (χ2v) is 5.36. The van der Waals surface area contributed by atoms with Crippen LogP contribution < -0.4 is 5.73 Å². The van der Waals surface area contributed by atoms with Gasteiger partial charge in [-0.05, 0) is 11.1 Å². The van der Waals surface area contributed by atoms with Gasteiger partial charge in [0.05, 0.1) is 13.0 Å². The van der Waals surface area contributed by atoms with Crippen LogP contribution in [-0.2, 0) is 32.1 Å². The average molecular weight is 327 g/mol. The number of carbonyl (C=O) groups excluding carboxylic acids is 2. The summed E-state index contributed by atoms with van der Waals surface area (Å²) in [5.74, 6) is -1.12. The second kappa shape index (κ2) is 9.47. The largest absolute Gasteiger partial charge is 0.464 e. The highest BCUT2D eigenvalue weighted by atomic mass is 16.5. The van der Waals surface area contributed by atoms with Crippen LogP contribution in [0.25, 0.3) is 0 Å². The van der Waals surface area contributed by atoms with Gasteiger partial charge in [0.25, 0.3) is 0 Å². The zero-order valence-electron chi connectivity index (χ0n) is 13.4. The number of benzene rings is 2. The normalized spacial score (nSPS) is 11.5. The first-order valence-corrected chi connectivity index (χ1v) is 7.81. The van der Waals surface area contributed by atoms with E-state index in [1.165, 1.54) is 0 Å². The molecule has 0 fully saturated rings. The maximum absolute atomic E-state index is 11.8. The minimum atomic E-state index is -1.01. The van der Waals surface area contributed by atoms with Crippen molar-refractivity contribution in [2.45, 2.75) is 25.5 Å². The molecule has 0 aliphatic rings. The summed E-state index contributed by atoms with van der Waals surface area (Å²) < 4.78 is 10.2. The molecule has 5 heteroatoms. The molecule has 5 nitrogen and oxygen atoms in total. The molecule has 0 unspecified atom stereocenters. The van der Waals surface area contributed by atoms with E-state index in [1.54, 1.807) is 0 Å². The fourth-order valence-electron chi connectivity index (χ4n) is 2.08. The van der Waals surface area contributed by atoms with Gasteiger partial charge in [-0.2, -0.15) is 0 Å². The predicted molar refractivity (Wildman–Crippen MR) is 89.9 cm³/mol. The van der Waals surface area contributed by atoms with Crippen LogP contribution in [0.5, 0.6) is 0 Å². The summed E-state index contributed by atoms with van der Waals surface area (Å²) in [6.45, 7) is 0.394. The Morgan fingerprint density at radius 1 is 0.875 bits per heavy atom. The highest BCUT2D eigenvalue weighted by Crippen LogP contribution is 2.04. The van der Waals surface area contributed by atoms with Gasteiger partial charge >= 0.3 is 11.9 Å². The van der Waals surface area contributed by atoms with Gasteiger partial charge < -0.3 is 15.2 Å². The summed E-state index contributed by atoms with van der Waals surface area (Å²) in [4.78, 5) is 23.5. The number of nitrogens with two attached hydrogens (primary N) is 1. The van der Waals surface area contributed by atoms with Crippen molar-refractivity contribution in [2.24, 2.45) is 5.73 Å².